The molecule has 0 saturated carbocycles. The van der Waals surface area contributed by atoms with Crippen LogP contribution in [0.15, 0.2) is 54.7 Å². The lowest BCUT2D eigenvalue weighted by atomic mass is 10.2. The quantitative estimate of drug-likeness (QED) is 0.745. The molecule has 4 rings (SSSR count). The van der Waals surface area contributed by atoms with Crippen molar-refractivity contribution < 1.29 is 19.0 Å². The Balaban J connectivity index is 1.63. The van der Waals surface area contributed by atoms with E-state index in [2.05, 4.69) is 9.97 Å². The van der Waals surface area contributed by atoms with E-state index in [1.165, 1.54) is 23.9 Å². The monoisotopic (exact) mass is 365 g/mol. The van der Waals surface area contributed by atoms with Gasteiger partial charge < -0.3 is 14.7 Å². The Hall–Kier alpha value is -3.48. The summed E-state index contributed by atoms with van der Waals surface area (Å²) in [5.74, 6) is -1.14. The van der Waals surface area contributed by atoms with Crippen molar-refractivity contribution in [2.45, 2.75) is 13.0 Å². The topological polar surface area (TPSA) is 75.5 Å². The zero-order valence-corrected chi connectivity index (χ0v) is 14.3. The predicted molar refractivity (Wildman–Crippen MR) is 96.9 cm³/mol. The molecule has 0 saturated heterocycles. The van der Waals surface area contributed by atoms with Gasteiger partial charge in [-0.3, -0.25) is 0 Å². The van der Waals surface area contributed by atoms with Gasteiger partial charge in [0.15, 0.2) is 0 Å². The first-order valence-corrected chi connectivity index (χ1v) is 8.45. The van der Waals surface area contributed by atoms with Crippen LogP contribution in [-0.4, -0.2) is 27.6 Å². The summed E-state index contributed by atoms with van der Waals surface area (Å²) in [6.07, 6.45) is 2.12. The van der Waals surface area contributed by atoms with E-state index in [0.717, 1.165) is 12.1 Å². The van der Waals surface area contributed by atoms with Gasteiger partial charge in [-0.2, -0.15) is 4.98 Å². The Labute approximate surface area is 154 Å². The molecule has 2 aromatic carbocycles. The summed E-state index contributed by atoms with van der Waals surface area (Å²) >= 11 is 0. The van der Waals surface area contributed by atoms with Crippen LogP contribution in [0.2, 0.25) is 0 Å². The van der Waals surface area contributed by atoms with Crippen molar-refractivity contribution >= 4 is 17.6 Å². The Bertz CT molecular complexity index is 992. The Kier molecular flexibility index (Phi) is 4.42. The number of carbonyl (C=O) groups is 1. The molecule has 1 aliphatic rings. The van der Waals surface area contributed by atoms with Crippen LogP contribution >= 0.6 is 0 Å². The molecule has 6 nitrogen and oxygen atoms in total. The second-order valence-corrected chi connectivity index (χ2v) is 6.14. The van der Waals surface area contributed by atoms with Crippen molar-refractivity contribution in [2.75, 3.05) is 11.4 Å². The summed E-state index contributed by atoms with van der Waals surface area (Å²) in [5.41, 5.74) is 2.79. The maximum absolute atomic E-state index is 13.0. The standard InChI is InChI=1S/C20H16FN3O3/c21-15-7-5-13(6-8-15)12-27-18-16(19(25)26)11-22-20(23-18)24-10-9-14-3-1-2-4-17(14)24/h1-8,11H,9-10,12H2,(H,25,26). The highest BCUT2D eigenvalue weighted by molar-refractivity contribution is 5.90. The summed E-state index contributed by atoms with van der Waals surface area (Å²) in [6, 6.07) is 13.8. The summed E-state index contributed by atoms with van der Waals surface area (Å²) in [4.78, 5) is 22.0. The molecule has 0 bridgehead atoms. The molecule has 1 N–H and O–H groups in total. The second kappa shape index (κ2) is 7.03. The highest BCUT2D eigenvalue weighted by Crippen LogP contribution is 2.33. The minimum atomic E-state index is -1.17. The lowest BCUT2D eigenvalue weighted by molar-refractivity contribution is 0.0690. The SMILES string of the molecule is O=C(O)c1cnc(N2CCc3ccccc32)nc1OCc1ccc(F)cc1. The van der Waals surface area contributed by atoms with Crippen molar-refractivity contribution in [3.05, 3.63) is 77.2 Å². The van der Waals surface area contributed by atoms with Gasteiger partial charge in [0.2, 0.25) is 11.8 Å². The molecule has 0 amide bonds. The van der Waals surface area contributed by atoms with E-state index in [-0.39, 0.29) is 23.9 Å². The van der Waals surface area contributed by atoms with E-state index in [1.54, 1.807) is 12.1 Å². The molecule has 1 aromatic heterocycles. The van der Waals surface area contributed by atoms with Crippen LogP contribution in [-0.2, 0) is 13.0 Å². The molecular weight excluding hydrogens is 349 g/mol. The predicted octanol–water partition coefficient (Wildman–Crippen LogP) is 3.59. The Morgan fingerprint density at radius 1 is 1.19 bits per heavy atom. The van der Waals surface area contributed by atoms with Gasteiger partial charge in [0, 0.05) is 12.2 Å². The number of hydrogen-bond acceptors (Lipinski definition) is 5. The molecule has 3 aromatic rings. The molecule has 0 unspecified atom stereocenters. The molecule has 27 heavy (non-hydrogen) atoms. The zero-order valence-electron chi connectivity index (χ0n) is 14.3. The number of nitrogens with zero attached hydrogens (tertiary/aromatic N) is 3. The number of anilines is 2. The van der Waals surface area contributed by atoms with Gasteiger partial charge in [0.1, 0.15) is 18.0 Å². The highest BCUT2D eigenvalue weighted by atomic mass is 19.1. The number of carboxylic acid groups (broad SMARTS) is 1. The molecule has 2 heterocycles. The number of fused-ring (bicyclic) bond motifs is 1. The lowest BCUT2D eigenvalue weighted by Crippen LogP contribution is -2.18. The van der Waals surface area contributed by atoms with Gasteiger partial charge in [-0.15, -0.1) is 0 Å². The van der Waals surface area contributed by atoms with Gasteiger partial charge in [-0.05, 0) is 35.7 Å². The number of carboxylic acids is 1. The Morgan fingerprint density at radius 2 is 1.96 bits per heavy atom. The fraction of sp³-hybridized carbons (Fsp3) is 0.150. The molecule has 0 fully saturated rings. The summed E-state index contributed by atoms with van der Waals surface area (Å²) in [7, 11) is 0. The Morgan fingerprint density at radius 3 is 2.74 bits per heavy atom. The average Bonchev–Trinajstić information content (AvgIpc) is 3.11. The van der Waals surface area contributed by atoms with Crippen molar-refractivity contribution in [1.82, 2.24) is 9.97 Å². The van der Waals surface area contributed by atoms with Crippen molar-refractivity contribution in [1.29, 1.82) is 0 Å². The van der Waals surface area contributed by atoms with Crippen molar-refractivity contribution in [2.24, 2.45) is 0 Å². The van der Waals surface area contributed by atoms with Gasteiger partial charge in [-0.1, -0.05) is 30.3 Å². The number of rotatable bonds is 5. The minimum absolute atomic E-state index is 0.0128. The number of aromatic carboxylic acids is 1. The number of halogens is 1. The summed E-state index contributed by atoms with van der Waals surface area (Å²) in [5, 5.41) is 9.39. The molecule has 0 radical (unpaired) electrons. The van der Waals surface area contributed by atoms with Crippen LogP contribution in [0.3, 0.4) is 0 Å². The third-order valence-electron chi connectivity index (χ3n) is 4.39. The molecule has 136 valence electrons. The second-order valence-electron chi connectivity index (χ2n) is 6.14. The average molecular weight is 365 g/mol. The summed E-state index contributed by atoms with van der Waals surface area (Å²) in [6.45, 7) is 0.788. The molecule has 0 atom stereocenters. The van der Waals surface area contributed by atoms with Gasteiger partial charge in [0.25, 0.3) is 0 Å². The smallest absolute Gasteiger partial charge is 0.342 e. The lowest BCUT2D eigenvalue weighted by Gasteiger charge is -2.18. The molecule has 0 spiro atoms. The van der Waals surface area contributed by atoms with Crippen LogP contribution in [0.25, 0.3) is 0 Å². The van der Waals surface area contributed by atoms with E-state index in [0.29, 0.717) is 18.1 Å². The highest BCUT2D eigenvalue weighted by Gasteiger charge is 2.24. The first-order chi connectivity index (χ1) is 13.1. The van der Waals surface area contributed by atoms with Gasteiger partial charge in [0.05, 0.1) is 6.20 Å². The largest absolute Gasteiger partial charge is 0.477 e. The van der Waals surface area contributed by atoms with E-state index in [4.69, 9.17) is 4.74 Å². The maximum atomic E-state index is 13.0. The molecule has 7 heteroatoms. The van der Waals surface area contributed by atoms with Crippen LogP contribution in [0.4, 0.5) is 16.0 Å². The number of para-hydroxylation sites is 1. The van der Waals surface area contributed by atoms with Crippen LogP contribution < -0.4 is 9.64 Å². The van der Waals surface area contributed by atoms with E-state index in [1.807, 2.05) is 29.2 Å². The third kappa shape index (κ3) is 3.44. The molecule has 0 aliphatic carbocycles. The van der Waals surface area contributed by atoms with Crippen LogP contribution in [0, 0.1) is 5.82 Å². The number of benzene rings is 2. The number of aromatic nitrogens is 2. The van der Waals surface area contributed by atoms with Gasteiger partial charge in [-0.25, -0.2) is 14.2 Å². The van der Waals surface area contributed by atoms with E-state index in [9.17, 15) is 14.3 Å². The summed E-state index contributed by atoms with van der Waals surface area (Å²) < 4.78 is 18.7. The first kappa shape index (κ1) is 17.0. The molecular formula is C20H16FN3O3. The van der Waals surface area contributed by atoms with Crippen LogP contribution in [0.5, 0.6) is 5.88 Å². The number of hydrogen-bond donors (Lipinski definition) is 1. The van der Waals surface area contributed by atoms with Crippen LogP contribution in [0.1, 0.15) is 21.5 Å². The normalized spacial score (nSPS) is 12.7. The van der Waals surface area contributed by atoms with E-state index >= 15 is 0 Å². The molecule has 1 aliphatic heterocycles. The first-order valence-electron chi connectivity index (χ1n) is 8.45. The third-order valence-corrected chi connectivity index (χ3v) is 4.39. The van der Waals surface area contributed by atoms with Crippen molar-refractivity contribution in [3.8, 4) is 5.88 Å². The van der Waals surface area contributed by atoms with E-state index < -0.39 is 5.97 Å². The fourth-order valence-electron chi connectivity index (χ4n) is 3.02. The van der Waals surface area contributed by atoms with Crippen molar-refractivity contribution in [3.63, 3.8) is 0 Å². The minimum Gasteiger partial charge on any atom is -0.477 e. The fourth-order valence-corrected chi connectivity index (χ4v) is 3.02. The zero-order chi connectivity index (χ0) is 18.8. The number of ether oxygens (including phenoxy) is 1. The maximum Gasteiger partial charge on any atom is 0.342 e. The van der Waals surface area contributed by atoms with Gasteiger partial charge >= 0.3 is 5.97 Å².